The standard InChI is InChI=1S/C15H11Br3O/c1-8-4-14(18)9(2)3-13(8)15(19)10-5-11(16)7-12(17)6-10/h3-7H,1-2H3. The Balaban J connectivity index is 2.53. The number of hydrogen-bond acceptors (Lipinski definition) is 1. The first-order valence-electron chi connectivity index (χ1n) is 5.66. The van der Waals surface area contributed by atoms with E-state index >= 15 is 0 Å². The topological polar surface area (TPSA) is 17.1 Å². The molecule has 0 saturated heterocycles. The van der Waals surface area contributed by atoms with E-state index in [0.717, 1.165) is 30.1 Å². The van der Waals surface area contributed by atoms with Gasteiger partial charge in [0.05, 0.1) is 0 Å². The maximum absolute atomic E-state index is 12.6. The molecule has 0 aromatic heterocycles. The van der Waals surface area contributed by atoms with Crippen LogP contribution in [-0.4, -0.2) is 5.78 Å². The highest BCUT2D eigenvalue weighted by Crippen LogP contribution is 2.26. The number of carbonyl (C=O) groups excluding carboxylic acids is 1. The summed E-state index contributed by atoms with van der Waals surface area (Å²) in [5.74, 6) is 0.0371. The van der Waals surface area contributed by atoms with Gasteiger partial charge in [-0.15, -0.1) is 0 Å². The van der Waals surface area contributed by atoms with Crippen LogP contribution in [0, 0.1) is 13.8 Å². The zero-order chi connectivity index (χ0) is 14.2. The predicted octanol–water partition coefficient (Wildman–Crippen LogP) is 5.82. The number of halogens is 3. The van der Waals surface area contributed by atoms with Crippen LogP contribution < -0.4 is 0 Å². The number of benzene rings is 2. The average molecular weight is 447 g/mol. The Kier molecular flexibility index (Phi) is 4.64. The second-order valence-corrected chi connectivity index (χ2v) is 7.09. The maximum Gasteiger partial charge on any atom is 0.193 e. The number of aryl methyl sites for hydroxylation is 2. The lowest BCUT2D eigenvalue weighted by molar-refractivity contribution is 0.103. The van der Waals surface area contributed by atoms with Gasteiger partial charge in [-0.25, -0.2) is 0 Å². The van der Waals surface area contributed by atoms with Gasteiger partial charge in [0.1, 0.15) is 0 Å². The Bertz CT molecular complexity index is 642. The molecule has 0 aliphatic rings. The minimum atomic E-state index is 0.0371. The Morgan fingerprint density at radius 2 is 1.42 bits per heavy atom. The van der Waals surface area contributed by atoms with E-state index in [1.165, 1.54) is 0 Å². The van der Waals surface area contributed by atoms with E-state index in [1.54, 1.807) is 0 Å². The van der Waals surface area contributed by atoms with Gasteiger partial charge < -0.3 is 0 Å². The van der Waals surface area contributed by atoms with E-state index in [1.807, 2.05) is 44.2 Å². The van der Waals surface area contributed by atoms with Gasteiger partial charge in [-0.1, -0.05) is 47.8 Å². The summed E-state index contributed by atoms with van der Waals surface area (Å²) in [7, 11) is 0. The first-order valence-corrected chi connectivity index (χ1v) is 8.04. The fraction of sp³-hybridized carbons (Fsp3) is 0.133. The molecular formula is C15H11Br3O. The van der Waals surface area contributed by atoms with Crippen molar-refractivity contribution < 1.29 is 4.79 Å². The molecule has 2 aromatic carbocycles. The Morgan fingerprint density at radius 1 is 0.842 bits per heavy atom. The Labute approximate surface area is 137 Å². The van der Waals surface area contributed by atoms with Crippen LogP contribution in [0.2, 0.25) is 0 Å². The van der Waals surface area contributed by atoms with Crippen LogP contribution in [0.25, 0.3) is 0 Å². The highest BCUT2D eigenvalue weighted by molar-refractivity contribution is 9.11. The molecule has 0 aliphatic carbocycles. The van der Waals surface area contributed by atoms with Crippen molar-refractivity contribution in [3.8, 4) is 0 Å². The van der Waals surface area contributed by atoms with Crippen LogP contribution >= 0.6 is 47.8 Å². The van der Waals surface area contributed by atoms with E-state index in [9.17, 15) is 4.79 Å². The third-order valence-corrected chi connectivity index (χ3v) is 4.65. The molecule has 2 aromatic rings. The summed E-state index contributed by atoms with van der Waals surface area (Å²) in [6, 6.07) is 9.50. The van der Waals surface area contributed by atoms with Crippen molar-refractivity contribution in [2.75, 3.05) is 0 Å². The average Bonchev–Trinajstić information content (AvgIpc) is 2.31. The molecule has 0 atom stereocenters. The van der Waals surface area contributed by atoms with Gasteiger partial charge in [0, 0.05) is 24.5 Å². The number of ketones is 1. The van der Waals surface area contributed by atoms with Crippen molar-refractivity contribution in [2.45, 2.75) is 13.8 Å². The highest BCUT2D eigenvalue weighted by Gasteiger charge is 2.14. The zero-order valence-corrected chi connectivity index (χ0v) is 15.2. The Hall–Kier alpha value is -0.450. The first-order chi connectivity index (χ1) is 8.88. The monoisotopic (exact) mass is 444 g/mol. The lowest BCUT2D eigenvalue weighted by Gasteiger charge is -2.09. The van der Waals surface area contributed by atoms with Crippen molar-refractivity contribution >= 4 is 53.6 Å². The van der Waals surface area contributed by atoms with Gasteiger partial charge >= 0.3 is 0 Å². The maximum atomic E-state index is 12.6. The molecule has 2 rings (SSSR count). The van der Waals surface area contributed by atoms with E-state index in [4.69, 9.17) is 0 Å². The summed E-state index contributed by atoms with van der Waals surface area (Å²) >= 11 is 10.3. The fourth-order valence-corrected chi connectivity index (χ4v) is 3.62. The van der Waals surface area contributed by atoms with Crippen LogP contribution in [0.1, 0.15) is 27.0 Å². The second-order valence-electron chi connectivity index (χ2n) is 4.40. The van der Waals surface area contributed by atoms with Crippen LogP contribution in [0.3, 0.4) is 0 Å². The smallest absolute Gasteiger partial charge is 0.193 e. The van der Waals surface area contributed by atoms with Gasteiger partial charge in [0.2, 0.25) is 0 Å². The Morgan fingerprint density at radius 3 is 2.00 bits per heavy atom. The lowest BCUT2D eigenvalue weighted by atomic mass is 9.97. The van der Waals surface area contributed by atoms with Gasteiger partial charge in [-0.05, 0) is 55.3 Å². The molecule has 0 saturated carbocycles. The third kappa shape index (κ3) is 3.36. The molecule has 4 heteroatoms. The van der Waals surface area contributed by atoms with Crippen molar-refractivity contribution in [2.24, 2.45) is 0 Å². The third-order valence-electron chi connectivity index (χ3n) is 2.87. The summed E-state index contributed by atoms with van der Waals surface area (Å²) in [5.41, 5.74) is 3.44. The van der Waals surface area contributed by atoms with Gasteiger partial charge in [0.25, 0.3) is 0 Å². The number of carbonyl (C=O) groups is 1. The number of hydrogen-bond donors (Lipinski definition) is 0. The molecule has 0 fully saturated rings. The molecule has 0 unspecified atom stereocenters. The summed E-state index contributed by atoms with van der Waals surface area (Å²) in [5, 5.41) is 0. The summed E-state index contributed by atoms with van der Waals surface area (Å²) in [4.78, 5) is 12.6. The largest absolute Gasteiger partial charge is 0.289 e. The first kappa shape index (κ1) is 14.9. The van der Waals surface area contributed by atoms with E-state index in [0.29, 0.717) is 5.56 Å². The van der Waals surface area contributed by atoms with E-state index < -0.39 is 0 Å². The number of rotatable bonds is 2. The van der Waals surface area contributed by atoms with Crippen LogP contribution in [0.15, 0.2) is 43.7 Å². The molecular weight excluding hydrogens is 436 g/mol. The van der Waals surface area contributed by atoms with Gasteiger partial charge in [0.15, 0.2) is 5.78 Å². The van der Waals surface area contributed by atoms with Crippen LogP contribution in [0.4, 0.5) is 0 Å². The van der Waals surface area contributed by atoms with Crippen molar-refractivity contribution in [3.05, 3.63) is 66.0 Å². The van der Waals surface area contributed by atoms with Crippen molar-refractivity contribution in [3.63, 3.8) is 0 Å². The molecule has 0 amide bonds. The lowest BCUT2D eigenvalue weighted by Crippen LogP contribution is -2.04. The second kappa shape index (κ2) is 5.90. The predicted molar refractivity (Wildman–Crippen MR) is 88.9 cm³/mol. The molecule has 0 N–H and O–H groups in total. The fourth-order valence-electron chi connectivity index (χ4n) is 1.87. The molecule has 0 aliphatic heterocycles. The minimum Gasteiger partial charge on any atom is -0.289 e. The quantitative estimate of drug-likeness (QED) is 0.531. The summed E-state index contributed by atoms with van der Waals surface area (Å²) < 4.78 is 2.80. The van der Waals surface area contributed by atoms with Crippen molar-refractivity contribution in [1.29, 1.82) is 0 Å². The van der Waals surface area contributed by atoms with E-state index in [-0.39, 0.29) is 5.78 Å². The normalized spacial score (nSPS) is 10.6. The SMILES string of the molecule is Cc1cc(C(=O)c2cc(Br)cc(Br)c2)c(C)cc1Br. The van der Waals surface area contributed by atoms with Gasteiger partial charge in [-0.3, -0.25) is 4.79 Å². The molecule has 19 heavy (non-hydrogen) atoms. The van der Waals surface area contributed by atoms with Crippen LogP contribution in [0.5, 0.6) is 0 Å². The summed E-state index contributed by atoms with van der Waals surface area (Å²) in [6.45, 7) is 3.93. The molecule has 0 bridgehead atoms. The zero-order valence-electron chi connectivity index (χ0n) is 10.4. The summed E-state index contributed by atoms with van der Waals surface area (Å²) in [6.07, 6.45) is 0. The van der Waals surface area contributed by atoms with Gasteiger partial charge in [-0.2, -0.15) is 0 Å². The molecule has 0 heterocycles. The van der Waals surface area contributed by atoms with E-state index in [2.05, 4.69) is 47.8 Å². The van der Waals surface area contributed by atoms with Crippen molar-refractivity contribution in [1.82, 2.24) is 0 Å². The molecule has 0 radical (unpaired) electrons. The minimum absolute atomic E-state index is 0.0371. The molecule has 1 nitrogen and oxygen atoms in total. The molecule has 0 spiro atoms. The molecule has 98 valence electrons. The highest BCUT2D eigenvalue weighted by atomic mass is 79.9. The van der Waals surface area contributed by atoms with Crippen LogP contribution in [-0.2, 0) is 0 Å².